The number of hydrogen-bond acceptors (Lipinski definition) is 6. The fourth-order valence-corrected chi connectivity index (χ4v) is 4.90. The molecule has 0 fully saturated rings. The van der Waals surface area contributed by atoms with Gasteiger partial charge in [-0.05, 0) is 49.2 Å². The first-order chi connectivity index (χ1) is 14.4. The van der Waals surface area contributed by atoms with Crippen molar-refractivity contribution in [1.82, 2.24) is 15.2 Å². The van der Waals surface area contributed by atoms with Crippen LogP contribution < -0.4 is 9.62 Å². The number of aromatic nitrogens is 3. The lowest BCUT2D eigenvalue weighted by atomic mass is 10.1. The summed E-state index contributed by atoms with van der Waals surface area (Å²) in [5.41, 5.74) is 3.37. The van der Waals surface area contributed by atoms with Crippen molar-refractivity contribution in [3.63, 3.8) is 0 Å². The van der Waals surface area contributed by atoms with E-state index in [9.17, 15) is 12.8 Å². The largest absolute Gasteiger partial charge is 0.295 e. The molecule has 4 rings (SSSR count). The highest BCUT2D eigenvalue weighted by Gasteiger charge is 2.23. The van der Waals surface area contributed by atoms with Gasteiger partial charge in [-0.1, -0.05) is 12.1 Å². The van der Waals surface area contributed by atoms with Crippen molar-refractivity contribution in [2.45, 2.75) is 18.7 Å². The number of H-pyrrole nitrogens is 1. The second-order valence-electron chi connectivity index (χ2n) is 6.55. The van der Waals surface area contributed by atoms with E-state index < -0.39 is 20.7 Å². The third-order valence-corrected chi connectivity index (χ3v) is 6.85. The van der Waals surface area contributed by atoms with E-state index in [0.717, 1.165) is 28.2 Å². The predicted molar refractivity (Wildman–Crippen MR) is 116 cm³/mol. The van der Waals surface area contributed by atoms with Crippen LogP contribution in [0.25, 0.3) is 0 Å². The summed E-state index contributed by atoms with van der Waals surface area (Å²) in [7, 11) is -4.11. The number of aromatic amines is 1. The summed E-state index contributed by atoms with van der Waals surface area (Å²) in [5.74, 6) is -0.244. The van der Waals surface area contributed by atoms with Crippen molar-refractivity contribution in [1.29, 1.82) is 0 Å². The summed E-state index contributed by atoms with van der Waals surface area (Å²) in [4.78, 5) is 5.22. The number of sulfonamides is 1. The maximum absolute atomic E-state index is 15.0. The highest BCUT2D eigenvalue weighted by molar-refractivity contribution is 7.93. The topological polar surface area (TPSA) is 91.0 Å². The Bertz CT molecular complexity index is 1270. The van der Waals surface area contributed by atoms with Gasteiger partial charge in [-0.3, -0.25) is 14.7 Å². The molecule has 10 heteroatoms. The number of aryl methyl sites for hydroxylation is 1. The minimum atomic E-state index is -4.11. The number of thiazole rings is 1. The van der Waals surface area contributed by atoms with Gasteiger partial charge < -0.3 is 0 Å². The van der Waals surface area contributed by atoms with Crippen molar-refractivity contribution in [2.75, 3.05) is 9.62 Å². The second-order valence-corrected chi connectivity index (χ2v) is 9.10. The van der Waals surface area contributed by atoms with E-state index in [1.165, 1.54) is 18.3 Å². The van der Waals surface area contributed by atoms with Crippen LogP contribution in [-0.2, 0) is 10.0 Å². The number of halogens is 1. The molecule has 0 unspecified atom stereocenters. The lowest BCUT2D eigenvalue weighted by molar-refractivity contribution is 0.570. The molecule has 4 aromatic rings. The minimum Gasteiger partial charge on any atom is -0.295 e. The van der Waals surface area contributed by atoms with Crippen LogP contribution >= 0.6 is 11.3 Å². The van der Waals surface area contributed by atoms with Crippen molar-refractivity contribution in [3.05, 3.63) is 77.2 Å². The van der Waals surface area contributed by atoms with E-state index in [1.54, 1.807) is 28.6 Å². The fourth-order valence-electron chi connectivity index (χ4n) is 3.05. The smallest absolute Gasteiger partial charge is 0.266 e. The van der Waals surface area contributed by atoms with Crippen LogP contribution in [0.4, 0.5) is 26.7 Å². The van der Waals surface area contributed by atoms with Gasteiger partial charge >= 0.3 is 0 Å². The Morgan fingerprint density at radius 2 is 1.97 bits per heavy atom. The van der Waals surface area contributed by atoms with E-state index >= 15 is 0 Å². The van der Waals surface area contributed by atoms with Gasteiger partial charge in [0.25, 0.3) is 10.0 Å². The number of nitrogens with zero attached hydrogens (tertiary/aromatic N) is 3. The van der Waals surface area contributed by atoms with Gasteiger partial charge in [0.15, 0.2) is 5.13 Å². The standard InChI is InChI=1S/C20H18FN5O2S2/c1-13-4-3-5-17(14(13)2)26(19-8-9-23-24-19)15-6-7-18(16(21)12-15)30(27,28)25-20-22-10-11-29-20/h3-12H,1-2H3,(H,22,25)(H,23,24). The summed E-state index contributed by atoms with van der Waals surface area (Å²) < 4.78 is 42.4. The Kier molecular flexibility index (Phi) is 5.27. The monoisotopic (exact) mass is 443 g/mol. The molecule has 0 aliphatic carbocycles. The zero-order valence-corrected chi connectivity index (χ0v) is 17.8. The van der Waals surface area contributed by atoms with E-state index in [1.807, 2.05) is 32.0 Å². The molecular weight excluding hydrogens is 425 g/mol. The molecule has 154 valence electrons. The van der Waals surface area contributed by atoms with Gasteiger partial charge in [0.2, 0.25) is 0 Å². The molecular formula is C20H18FN5O2S2. The van der Waals surface area contributed by atoms with Crippen molar-refractivity contribution in [3.8, 4) is 0 Å². The van der Waals surface area contributed by atoms with Crippen LogP contribution in [0.3, 0.4) is 0 Å². The molecule has 0 aliphatic rings. The summed E-state index contributed by atoms with van der Waals surface area (Å²) in [5, 5.41) is 8.69. The minimum absolute atomic E-state index is 0.174. The summed E-state index contributed by atoms with van der Waals surface area (Å²) in [6.07, 6.45) is 3.06. The molecule has 30 heavy (non-hydrogen) atoms. The van der Waals surface area contributed by atoms with E-state index in [-0.39, 0.29) is 5.13 Å². The molecule has 0 saturated carbocycles. The number of hydrogen-bond donors (Lipinski definition) is 2. The lowest BCUT2D eigenvalue weighted by Gasteiger charge is -2.26. The highest BCUT2D eigenvalue weighted by Crippen LogP contribution is 2.37. The number of anilines is 4. The lowest BCUT2D eigenvalue weighted by Crippen LogP contribution is -2.16. The average molecular weight is 444 g/mol. The number of nitrogens with one attached hydrogen (secondary N) is 2. The molecule has 0 atom stereocenters. The molecule has 2 heterocycles. The second kappa shape index (κ2) is 7.88. The molecule has 0 bridgehead atoms. The molecule has 0 amide bonds. The van der Waals surface area contributed by atoms with Crippen molar-refractivity contribution in [2.24, 2.45) is 0 Å². The van der Waals surface area contributed by atoms with E-state index in [4.69, 9.17) is 0 Å². The highest BCUT2D eigenvalue weighted by atomic mass is 32.2. The zero-order chi connectivity index (χ0) is 21.3. The molecule has 0 spiro atoms. The van der Waals surface area contributed by atoms with Crippen LogP contribution in [0, 0.1) is 19.7 Å². The summed E-state index contributed by atoms with van der Waals surface area (Å²) >= 11 is 1.11. The third kappa shape index (κ3) is 3.79. The van der Waals surface area contributed by atoms with Gasteiger partial charge in [0.05, 0.1) is 17.6 Å². The Morgan fingerprint density at radius 1 is 1.13 bits per heavy atom. The van der Waals surface area contributed by atoms with Gasteiger partial charge in [-0.25, -0.2) is 17.8 Å². The molecule has 0 aliphatic heterocycles. The van der Waals surface area contributed by atoms with Gasteiger partial charge in [-0.2, -0.15) is 5.10 Å². The maximum Gasteiger partial charge on any atom is 0.266 e. The maximum atomic E-state index is 15.0. The quantitative estimate of drug-likeness (QED) is 0.443. The fraction of sp³-hybridized carbons (Fsp3) is 0.100. The van der Waals surface area contributed by atoms with Crippen LogP contribution in [0.15, 0.2) is 65.1 Å². The Labute approximate surface area is 177 Å². The normalized spacial score (nSPS) is 11.4. The Hall–Kier alpha value is -3.24. The van der Waals surface area contributed by atoms with E-state index in [2.05, 4.69) is 19.9 Å². The first kappa shape index (κ1) is 20.0. The molecule has 2 N–H and O–H groups in total. The molecule has 2 aromatic carbocycles. The van der Waals surface area contributed by atoms with Gasteiger partial charge in [-0.15, -0.1) is 11.3 Å². The van der Waals surface area contributed by atoms with E-state index in [0.29, 0.717) is 11.5 Å². The average Bonchev–Trinajstić information content (AvgIpc) is 3.39. The van der Waals surface area contributed by atoms with Crippen LogP contribution in [0.5, 0.6) is 0 Å². The van der Waals surface area contributed by atoms with Gasteiger partial charge in [0, 0.05) is 17.6 Å². The molecule has 0 radical (unpaired) electrons. The van der Waals surface area contributed by atoms with Gasteiger partial charge in [0.1, 0.15) is 16.5 Å². The number of benzene rings is 2. The van der Waals surface area contributed by atoms with Crippen LogP contribution in [-0.4, -0.2) is 23.6 Å². The number of rotatable bonds is 6. The van der Waals surface area contributed by atoms with Crippen LogP contribution in [0.1, 0.15) is 11.1 Å². The Balaban J connectivity index is 1.78. The SMILES string of the molecule is Cc1cccc(N(c2ccc(S(=O)(=O)Nc3nccs3)c(F)c2)c2ccn[nH]2)c1C. The molecule has 2 aromatic heterocycles. The summed E-state index contributed by atoms with van der Waals surface area (Å²) in [6.45, 7) is 3.96. The van der Waals surface area contributed by atoms with Crippen LogP contribution in [0.2, 0.25) is 0 Å². The first-order valence-electron chi connectivity index (χ1n) is 8.94. The van der Waals surface area contributed by atoms with Crippen molar-refractivity contribution < 1.29 is 12.8 Å². The van der Waals surface area contributed by atoms with Crippen molar-refractivity contribution >= 4 is 43.7 Å². The first-order valence-corrected chi connectivity index (χ1v) is 11.3. The Morgan fingerprint density at radius 3 is 2.63 bits per heavy atom. The third-order valence-electron chi connectivity index (χ3n) is 4.66. The summed E-state index contributed by atoms with van der Waals surface area (Å²) in [6, 6.07) is 11.6. The molecule has 7 nitrogen and oxygen atoms in total. The molecule has 0 saturated heterocycles. The predicted octanol–water partition coefficient (Wildman–Crippen LogP) is 4.89. The zero-order valence-electron chi connectivity index (χ0n) is 16.1.